The number of nitrogens with zero attached hydrogens (tertiary/aromatic N) is 1. The van der Waals surface area contributed by atoms with Gasteiger partial charge < -0.3 is 5.32 Å². The maximum atomic E-state index is 5.37. The van der Waals surface area contributed by atoms with E-state index in [2.05, 4.69) is 16.2 Å². The quantitative estimate of drug-likeness (QED) is 0.766. The van der Waals surface area contributed by atoms with Gasteiger partial charge in [0.25, 0.3) is 0 Å². The highest BCUT2D eigenvalue weighted by Crippen LogP contribution is 2.12. The zero-order valence-electron chi connectivity index (χ0n) is 8.92. The maximum Gasteiger partial charge on any atom is 0.0797 e. The first-order valence-corrected chi connectivity index (χ1v) is 5.55. The van der Waals surface area contributed by atoms with Crippen LogP contribution in [0, 0.1) is 19.3 Å². The zero-order valence-corrected chi connectivity index (χ0v) is 9.74. The molecule has 0 amide bonds. The predicted molar refractivity (Wildman–Crippen MR) is 61.5 cm³/mol. The minimum Gasteiger partial charge on any atom is -0.301 e. The Morgan fingerprint density at radius 1 is 1.64 bits per heavy atom. The van der Waals surface area contributed by atoms with Crippen molar-refractivity contribution >= 4 is 11.3 Å². The van der Waals surface area contributed by atoms with Crippen LogP contribution in [0.1, 0.15) is 24.4 Å². The molecule has 0 atom stereocenters. The van der Waals surface area contributed by atoms with Crippen LogP contribution >= 0.6 is 11.3 Å². The van der Waals surface area contributed by atoms with Crippen molar-refractivity contribution in [2.24, 2.45) is 0 Å². The molecule has 1 aromatic heterocycles. The molecule has 0 unspecified atom stereocenters. The van der Waals surface area contributed by atoms with Gasteiger partial charge in [0.2, 0.25) is 0 Å². The van der Waals surface area contributed by atoms with E-state index >= 15 is 0 Å². The fourth-order valence-corrected chi connectivity index (χ4v) is 1.89. The van der Waals surface area contributed by atoms with E-state index in [4.69, 9.17) is 6.42 Å². The minimum atomic E-state index is -0.210. The van der Waals surface area contributed by atoms with Gasteiger partial charge in [0.05, 0.1) is 16.7 Å². The second-order valence-corrected chi connectivity index (χ2v) is 4.75. The molecular formula is C11H16N2S. The van der Waals surface area contributed by atoms with Crippen molar-refractivity contribution < 1.29 is 0 Å². The Balaban J connectivity index is 2.37. The Morgan fingerprint density at radius 2 is 2.36 bits per heavy atom. The summed E-state index contributed by atoms with van der Waals surface area (Å²) in [6.45, 7) is 6.96. The van der Waals surface area contributed by atoms with Crippen LogP contribution in [0.5, 0.6) is 0 Å². The lowest BCUT2D eigenvalue weighted by atomic mass is 10.1. The summed E-state index contributed by atoms with van der Waals surface area (Å²) in [5.41, 5.74) is 2.81. The van der Waals surface area contributed by atoms with Crippen LogP contribution in [0.2, 0.25) is 0 Å². The van der Waals surface area contributed by atoms with Gasteiger partial charge >= 0.3 is 0 Å². The van der Waals surface area contributed by atoms with E-state index in [0.717, 1.165) is 18.7 Å². The molecule has 0 saturated carbocycles. The van der Waals surface area contributed by atoms with Crippen molar-refractivity contribution in [3.8, 4) is 12.3 Å². The monoisotopic (exact) mass is 208 g/mol. The molecule has 0 saturated heterocycles. The SMILES string of the molecule is C#CC(C)(C)NCCc1scnc1C. The molecule has 0 aliphatic carbocycles. The largest absolute Gasteiger partial charge is 0.301 e. The third-order valence-electron chi connectivity index (χ3n) is 2.12. The third kappa shape index (κ3) is 3.13. The molecule has 0 radical (unpaired) electrons. The van der Waals surface area contributed by atoms with E-state index in [1.165, 1.54) is 4.88 Å². The lowest BCUT2D eigenvalue weighted by molar-refractivity contribution is 0.496. The number of rotatable bonds is 4. The average Bonchev–Trinajstić information content (AvgIpc) is 2.52. The van der Waals surface area contributed by atoms with Gasteiger partial charge in [-0.25, -0.2) is 4.98 Å². The van der Waals surface area contributed by atoms with E-state index in [1.54, 1.807) is 11.3 Å². The van der Waals surface area contributed by atoms with Crippen LogP contribution in [-0.4, -0.2) is 17.1 Å². The number of thiazole rings is 1. The number of aromatic nitrogens is 1. The molecule has 14 heavy (non-hydrogen) atoms. The molecule has 0 spiro atoms. The third-order valence-corrected chi connectivity index (χ3v) is 3.12. The standard InChI is InChI=1S/C11H16N2S/c1-5-11(3,4)13-7-6-10-9(2)12-8-14-10/h1,8,13H,6-7H2,2-4H3. The highest BCUT2D eigenvalue weighted by molar-refractivity contribution is 7.09. The molecule has 0 bridgehead atoms. The first kappa shape index (κ1) is 11.2. The summed E-state index contributed by atoms with van der Waals surface area (Å²) in [6, 6.07) is 0. The van der Waals surface area contributed by atoms with Gasteiger partial charge in [-0.15, -0.1) is 17.8 Å². The number of nitrogens with one attached hydrogen (secondary N) is 1. The van der Waals surface area contributed by atoms with Crippen molar-refractivity contribution in [2.45, 2.75) is 32.7 Å². The topological polar surface area (TPSA) is 24.9 Å². The summed E-state index contributed by atoms with van der Waals surface area (Å²) in [4.78, 5) is 5.54. The van der Waals surface area contributed by atoms with Crippen molar-refractivity contribution in [2.75, 3.05) is 6.54 Å². The summed E-state index contributed by atoms with van der Waals surface area (Å²) < 4.78 is 0. The molecule has 1 heterocycles. The van der Waals surface area contributed by atoms with Crippen LogP contribution < -0.4 is 5.32 Å². The summed E-state index contributed by atoms with van der Waals surface area (Å²) in [5.74, 6) is 2.71. The molecule has 0 aromatic carbocycles. The number of terminal acetylenes is 1. The Kier molecular flexibility index (Phi) is 3.68. The van der Waals surface area contributed by atoms with Gasteiger partial charge in [0, 0.05) is 11.4 Å². The summed E-state index contributed by atoms with van der Waals surface area (Å²) in [6.07, 6.45) is 6.38. The minimum absolute atomic E-state index is 0.210. The van der Waals surface area contributed by atoms with Crippen LogP contribution in [0.15, 0.2) is 5.51 Å². The van der Waals surface area contributed by atoms with Gasteiger partial charge in [0.15, 0.2) is 0 Å². The molecule has 0 fully saturated rings. The fraction of sp³-hybridized carbons (Fsp3) is 0.545. The summed E-state index contributed by atoms with van der Waals surface area (Å²) in [7, 11) is 0. The smallest absolute Gasteiger partial charge is 0.0797 e. The zero-order chi connectivity index (χ0) is 10.6. The Morgan fingerprint density at radius 3 is 2.86 bits per heavy atom. The van der Waals surface area contributed by atoms with Crippen molar-refractivity contribution in [1.82, 2.24) is 10.3 Å². The molecule has 0 aliphatic rings. The van der Waals surface area contributed by atoms with Gasteiger partial charge in [0.1, 0.15) is 0 Å². The lowest BCUT2D eigenvalue weighted by Crippen LogP contribution is -2.38. The van der Waals surface area contributed by atoms with E-state index in [9.17, 15) is 0 Å². The fourth-order valence-electron chi connectivity index (χ4n) is 1.11. The molecule has 2 nitrogen and oxygen atoms in total. The maximum absolute atomic E-state index is 5.37. The highest BCUT2D eigenvalue weighted by atomic mass is 32.1. The number of aryl methyl sites for hydroxylation is 1. The second kappa shape index (κ2) is 4.59. The molecule has 76 valence electrons. The van der Waals surface area contributed by atoms with Crippen molar-refractivity contribution in [3.63, 3.8) is 0 Å². The van der Waals surface area contributed by atoms with E-state index in [-0.39, 0.29) is 5.54 Å². The molecule has 3 heteroatoms. The molecular weight excluding hydrogens is 192 g/mol. The molecule has 1 N–H and O–H groups in total. The van der Waals surface area contributed by atoms with E-state index in [1.807, 2.05) is 26.3 Å². The van der Waals surface area contributed by atoms with Gasteiger partial charge in [-0.1, -0.05) is 5.92 Å². The van der Waals surface area contributed by atoms with Gasteiger partial charge in [-0.05, 0) is 27.2 Å². The molecule has 1 aromatic rings. The highest BCUT2D eigenvalue weighted by Gasteiger charge is 2.12. The Hall–Kier alpha value is -0.850. The van der Waals surface area contributed by atoms with Crippen LogP contribution in [0.4, 0.5) is 0 Å². The Bertz CT molecular complexity index is 333. The Labute approximate surface area is 89.8 Å². The van der Waals surface area contributed by atoms with Gasteiger partial charge in [-0.2, -0.15) is 0 Å². The number of hydrogen-bond donors (Lipinski definition) is 1. The predicted octanol–water partition coefficient (Wildman–Crippen LogP) is 2.00. The van der Waals surface area contributed by atoms with Crippen molar-refractivity contribution in [1.29, 1.82) is 0 Å². The second-order valence-electron chi connectivity index (χ2n) is 3.81. The van der Waals surface area contributed by atoms with Gasteiger partial charge in [-0.3, -0.25) is 0 Å². The average molecular weight is 208 g/mol. The molecule has 0 aliphatic heterocycles. The first-order chi connectivity index (χ1) is 6.55. The van der Waals surface area contributed by atoms with Crippen LogP contribution in [0.25, 0.3) is 0 Å². The van der Waals surface area contributed by atoms with Crippen LogP contribution in [-0.2, 0) is 6.42 Å². The van der Waals surface area contributed by atoms with E-state index in [0.29, 0.717) is 0 Å². The first-order valence-electron chi connectivity index (χ1n) is 4.67. The van der Waals surface area contributed by atoms with Crippen molar-refractivity contribution in [3.05, 3.63) is 16.1 Å². The lowest BCUT2D eigenvalue weighted by Gasteiger charge is -2.19. The summed E-state index contributed by atoms with van der Waals surface area (Å²) in [5, 5.41) is 3.32. The van der Waals surface area contributed by atoms with Crippen LogP contribution in [0.3, 0.4) is 0 Å². The number of hydrogen-bond acceptors (Lipinski definition) is 3. The van der Waals surface area contributed by atoms with E-state index < -0.39 is 0 Å². The normalized spacial score (nSPS) is 11.3. The summed E-state index contributed by atoms with van der Waals surface area (Å²) >= 11 is 1.70. The molecule has 1 rings (SSSR count).